The first-order chi connectivity index (χ1) is 5.77. The average Bonchev–Trinajstić information content (AvgIpc) is 2.07. The number of Topliss-reactive ketones (excluding diaryl/α,β-unsaturated/α-hetero) is 1. The summed E-state index contributed by atoms with van der Waals surface area (Å²) in [5.41, 5.74) is 0.899. The highest BCUT2D eigenvalue weighted by Gasteiger charge is 2.23. The van der Waals surface area contributed by atoms with Gasteiger partial charge in [0, 0.05) is 12.0 Å². The summed E-state index contributed by atoms with van der Waals surface area (Å²) >= 11 is 0. The van der Waals surface area contributed by atoms with Gasteiger partial charge >= 0.3 is 0 Å². The van der Waals surface area contributed by atoms with E-state index in [1.807, 2.05) is 6.08 Å². The fourth-order valence-corrected chi connectivity index (χ4v) is 1.63. The average molecular weight is 164 g/mol. The molecule has 2 aliphatic rings. The van der Waals surface area contributed by atoms with Crippen molar-refractivity contribution in [2.24, 2.45) is 5.92 Å². The van der Waals surface area contributed by atoms with E-state index in [0.717, 1.165) is 17.8 Å². The predicted molar refractivity (Wildman–Crippen MR) is 45.5 cm³/mol. The third kappa shape index (κ3) is 1.17. The first kappa shape index (κ1) is 7.59. The lowest BCUT2D eigenvalue weighted by Crippen LogP contribution is -2.19. The second-order valence-electron chi connectivity index (χ2n) is 3.40. The van der Waals surface area contributed by atoms with Crippen LogP contribution in [0.4, 0.5) is 0 Å². The van der Waals surface area contributed by atoms with E-state index in [1.165, 1.54) is 0 Å². The Morgan fingerprint density at radius 3 is 3.25 bits per heavy atom. The summed E-state index contributed by atoms with van der Waals surface area (Å²) < 4.78 is 5.37. The van der Waals surface area contributed by atoms with Gasteiger partial charge < -0.3 is 4.74 Å². The number of hydrogen-bond acceptors (Lipinski definition) is 2. The lowest BCUT2D eigenvalue weighted by Gasteiger charge is -2.23. The van der Waals surface area contributed by atoms with Gasteiger partial charge in [-0.25, -0.2) is 0 Å². The largest absolute Gasteiger partial charge is 0.493 e. The normalized spacial score (nSPS) is 28.4. The molecule has 0 aromatic rings. The molecule has 1 atom stereocenters. The van der Waals surface area contributed by atoms with Crippen LogP contribution in [0.1, 0.15) is 19.8 Å². The SMILES string of the molecule is CC1C=CC2=C(C1)C(=O)CCO2. The molecule has 0 bridgehead atoms. The van der Waals surface area contributed by atoms with Gasteiger partial charge in [-0.2, -0.15) is 0 Å². The number of ketones is 1. The number of carbonyl (C=O) groups is 1. The molecule has 0 N–H and O–H groups in total. The van der Waals surface area contributed by atoms with Crippen LogP contribution in [-0.2, 0) is 9.53 Å². The molecule has 0 aromatic carbocycles. The van der Waals surface area contributed by atoms with Crippen LogP contribution in [0, 0.1) is 5.92 Å². The summed E-state index contributed by atoms with van der Waals surface area (Å²) in [5.74, 6) is 1.56. The Kier molecular flexibility index (Phi) is 1.75. The summed E-state index contributed by atoms with van der Waals surface area (Å²) in [6.45, 7) is 2.67. The zero-order valence-electron chi connectivity index (χ0n) is 7.17. The maximum absolute atomic E-state index is 11.4. The molecule has 1 heterocycles. The minimum absolute atomic E-state index is 0.271. The Morgan fingerprint density at radius 1 is 1.58 bits per heavy atom. The van der Waals surface area contributed by atoms with E-state index in [0.29, 0.717) is 18.9 Å². The van der Waals surface area contributed by atoms with Gasteiger partial charge in [0.2, 0.25) is 0 Å². The van der Waals surface area contributed by atoms with Gasteiger partial charge in [0.25, 0.3) is 0 Å². The fraction of sp³-hybridized carbons (Fsp3) is 0.500. The quantitative estimate of drug-likeness (QED) is 0.546. The summed E-state index contributed by atoms with van der Waals surface area (Å²) in [6.07, 6.45) is 5.43. The Hall–Kier alpha value is -1.05. The molecule has 0 saturated carbocycles. The number of ether oxygens (including phenoxy) is 1. The highest BCUT2D eigenvalue weighted by atomic mass is 16.5. The van der Waals surface area contributed by atoms with Crippen molar-refractivity contribution >= 4 is 5.78 Å². The van der Waals surface area contributed by atoms with E-state index in [9.17, 15) is 4.79 Å². The van der Waals surface area contributed by atoms with Crippen LogP contribution >= 0.6 is 0 Å². The lowest BCUT2D eigenvalue weighted by molar-refractivity contribution is -0.117. The molecule has 2 heteroatoms. The van der Waals surface area contributed by atoms with E-state index in [-0.39, 0.29) is 5.78 Å². The Bertz CT molecular complexity index is 274. The second-order valence-corrected chi connectivity index (χ2v) is 3.40. The molecule has 0 radical (unpaired) electrons. The molecule has 0 amide bonds. The molecule has 2 nitrogen and oxygen atoms in total. The predicted octanol–water partition coefficient (Wildman–Crippen LogP) is 1.83. The minimum Gasteiger partial charge on any atom is -0.493 e. The molecule has 0 saturated heterocycles. The zero-order chi connectivity index (χ0) is 8.55. The van der Waals surface area contributed by atoms with Crippen molar-refractivity contribution in [2.75, 3.05) is 6.61 Å². The van der Waals surface area contributed by atoms with Crippen LogP contribution in [0.3, 0.4) is 0 Å². The second kappa shape index (κ2) is 2.77. The van der Waals surface area contributed by atoms with Gasteiger partial charge in [0.15, 0.2) is 5.78 Å². The maximum atomic E-state index is 11.4. The van der Waals surface area contributed by atoms with Crippen LogP contribution < -0.4 is 0 Å². The smallest absolute Gasteiger partial charge is 0.165 e. The number of carbonyl (C=O) groups excluding carboxylic acids is 1. The van der Waals surface area contributed by atoms with Gasteiger partial charge in [-0.15, -0.1) is 0 Å². The Morgan fingerprint density at radius 2 is 2.42 bits per heavy atom. The molecule has 0 spiro atoms. The van der Waals surface area contributed by atoms with Crippen molar-refractivity contribution in [1.29, 1.82) is 0 Å². The van der Waals surface area contributed by atoms with Crippen LogP contribution in [0.2, 0.25) is 0 Å². The molecule has 1 unspecified atom stereocenters. The molecule has 64 valence electrons. The van der Waals surface area contributed by atoms with E-state index in [4.69, 9.17) is 4.74 Å². The third-order valence-corrected chi connectivity index (χ3v) is 2.32. The fourth-order valence-electron chi connectivity index (χ4n) is 1.63. The van der Waals surface area contributed by atoms with Gasteiger partial charge in [-0.1, -0.05) is 13.0 Å². The van der Waals surface area contributed by atoms with E-state index in [2.05, 4.69) is 13.0 Å². The summed E-state index contributed by atoms with van der Waals surface area (Å²) in [5, 5.41) is 0. The highest BCUT2D eigenvalue weighted by molar-refractivity contribution is 5.97. The summed E-state index contributed by atoms with van der Waals surface area (Å²) in [7, 11) is 0. The van der Waals surface area contributed by atoms with E-state index >= 15 is 0 Å². The topological polar surface area (TPSA) is 26.3 Å². The number of allylic oxidation sites excluding steroid dienone is 3. The van der Waals surface area contributed by atoms with Crippen molar-refractivity contribution < 1.29 is 9.53 Å². The molecule has 0 fully saturated rings. The molecule has 1 aliphatic heterocycles. The zero-order valence-corrected chi connectivity index (χ0v) is 7.17. The van der Waals surface area contributed by atoms with Gasteiger partial charge in [-0.05, 0) is 18.4 Å². The van der Waals surface area contributed by atoms with Gasteiger partial charge in [0.1, 0.15) is 5.76 Å². The van der Waals surface area contributed by atoms with Crippen LogP contribution in [0.25, 0.3) is 0 Å². The number of hydrogen-bond donors (Lipinski definition) is 0. The Balaban J connectivity index is 2.32. The summed E-state index contributed by atoms with van der Waals surface area (Å²) in [6, 6.07) is 0. The lowest BCUT2D eigenvalue weighted by atomic mass is 9.90. The van der Waals surface area contributed by atoms with Crippen LogP contribution in [0.15, 0.2) is 23.5 Å². The molecule has 1 aliphatic carbocycles. The third-order valence-electron chi connectivity index (χ3n) is 2.32. The van der Waals surface area contributed by atoms with Gasteiger partial charge in [0.05, 0.1) is 6.61 Å². The van der Waals surface area contributed by atoms with Gasteiger partial charge in [-0.3, -0.25) is 4.79 Å². The molecule has 12 heavy (non-hydrogen) atoms. The first-order valence-electron chi connectivity index (χ1n) is 4.34. The van der Waals surface area contributed by atoms with E-state index in [1.54, 1.807) is 0 Å². The van der Waals surface area contributed by atoms with Crippen molar-refractivity contribution in [3.63, 3.8) is 0 Å². The minimum atomic E-state index is 0.271. The summed E-state index contributed by atoms with van der Waals surface area (Å²) in [4.78, 5) is 11.4. The van der Waals surface area contributed by atoms with Crippen molar-refractivity contribution in [1.82, 2.24) is 0 Å². The molecule has 2 rings (SSSR count). The van der Waals surface area contributed by atoms with E-state index < -0.39 is 0 Å². The standard InChI is InChI=1S/C10H12O2/c1-7-2-3-10-8(6-7)9(11)4-5-12-10/h2-3,7H,4-6H2,1H3. The first-order valence-corrected chi connectivity index (χ1v) is 4.34. The molecular weight excluding hydrogens is 152 g/mol. The van der Waals surface area contributed by atoms with Crippen molar-refractivity contribution in [3.05, 3.63) is 23.5 Å². The molecule has 0 aromatic heterocycles. The Labute approximate surface area is 71.9 Å². The van der Waals surface area contributed by atoms with Crippen molar-refractivity contribution in [3.8, 4) is 0 Å². The monoisotopic (exact) mass is 164 g/mol. The van der Waals surface area contributed by atoms with Crippen LogP contribution in [0.5, 0.6) is 0 Å². The molecular formula is C10H12O2. The van der Waals surface area contributed by atoms with Crippen molar-refractivity contribution in [2.45, 2.75) is 19.8 Å². The maximum Gasteiger partial charge on any atom is 0.165 e. The van der Waals surface area contributed by atoms with Crippen LogP contribution in [-0.4, -0.2) is 12.4 Å². The number of rotatable bonds is 0. The highest BCUT2D eigenvalue weighted by Crippen LogP contribution is 2.28.